The summed E-state index contributed by atoms with van der Waals surface area (Å²) in [5.41, 5.74) is 0.843. The predicted molar refractivity (Wildman–Crippen MR) is 82.7 cm³/mol. The Labute approximate surface area is 122 Å². The van der Waals surface area contributed by atoms with Crippen LogP contribution in [-0.2, 0) is 4.79 Å². The van der Waals surface area contributed by atoms with Crippen molar-refractivity contribution in [3.63, 3.8) is 0 Å². The van der Waals surface area contributed by atoms with Crippen LogP contribution in [0.25, 0.3) is 10.2 Å². The zero-order valence-corrected chi connectivity index (χ0v) is 12.8. The quantitative estimate of drug-likeness (QED) is 0.887. The van der Waals surface area contributed by atoms with Crippen LogP contribution >= 0.6 is 11.3 Å². The summed E-state index contributed by atoms with van der Waals surface area (Å²) in [6.07, 6.45) is 0.938. The van der Waals surface area contributed by atoms with Crippen molar-refractivity contribution in [2.75, 3.05) is 32.1 Å². The first-order valence-electron chi connectivity index (χ1n) is 6.57. The van der Waals surface area contributed by atoms with Crippen molar-refractivity contribution < 1.29 is 9.53 Å². The largest absolute Gasteiger partial charge is 0.494 e. The van der Waals surface area contributed by atoms with Gasteiger partial charge in [0.25, 0.3) is 0 Å². The third-order valence-corrected chi connectivity index (χ3v) is 4.00. The fraction of sp³-hybridized carbons (Fsp3) is 0.429. The first kappa shape index (κ1) is 14.6. The second-order valence-electron chi connectivity index (χ2n) is 4.51. The number of hydrogen-bond donors (Lipinski definition) is 1. The van der Waals surface area contributed by atoms with E-state index in [0.29, 0.717) is 13.1 Å². The molecule has 0 unspecified atom stereocenters. The Morgan fingerprint density at radius 1 is 1.50 bits per heavy atom. The van der Waals surface area contributed by atoms with Crippen molar-refractivity contribution in [3.05, 3.63) is 18.2 Å². The van der Waals surface area contributed by atoms with Crippen LogP contribution in [0.15, 0.2) is 18.2 Å². The molecule has 0 bridgehead atoms. The van der Waals surface area contributed by atoms with Crippen LogP contribution in [0, 0.1) is 0 Å². The number of fused-ring (bicyclic) bond motifs is 1. The molecule has 0 spiro atoms. The van der Waals surface area contributed by atoms with E-state index in [1.807, 2.05) is 37.1 Å². The molecule has 0 aliphatic heterocycles. The molecule has 0 fully saturated rings. The molecular weight excluding hydrogens is 274 g/mol. The molecular formula is C14H19N3O2S. The number of carbonyl (C=O) groups is 1. The summed E-state index contributed by atoms with van der Waals surface area (Å²) in [4.78, 5) is 18.1. The first-order valence-corrected chi connectivity index (χ1v) is 7.38. The second-order valence-corrected chi connectivity index (χ2v) is 5.52. The molecule has 0 aliphatic rings. The van der Waals surface area contributed by atoms with Gasteiger partial charge in [-0.25, -0.2) is 4.98 Å². The summed E-state index contributed by atoms with van der Waals surface area (Å²) in [6.45, 7) is 3.05. The summed E-state index contributed by atoms with van der Waals surface area (Å²) in [5, 5.41) is 3.68. The van der Waals surface area contributed by atoms with Crippen molar-refractivity contribution in [1.82, 2.24) is 10.3 Å². The number of anilines is 1. The molecule has 0 saturated heterocycles. The number of likely N-dealkylation sites (N-methyl/N-ethyl adjacent to an activating group) is 1. The molecule has 5 nitrogen and oxygen atoms in total. The summed E-state index contributed by atoms with van der Waals surface area (Å²) in [5.74, 6) is 0.773. The number of nitrogens with one attached hydrogen (secondary N) is 1. The van der Waals surface area contributed by atoms with Crippen LogP contribution in [0.2, 0.25) is 0 Å². The van der Waals surface area contributed by atoms with Gasteiger partial charge < -0.3 is 15.0 Å². The Balaban J connectivity index is 2.14. The van der Waals surface area contributed by atoms with E-state index in [0.717, 1.165) is 27.5 Å². The van der Waals surface area contributed by atoms with E-state index in [1.54, 1.807) is 18.4 Å². The number of aromatic nitrogens is 1. The number of thiazole rings is 1. The average Bonchev–Trinajstić information content (AvgIpc) is 2.89. The zero-order chi connectivity index (χ0) is 14.5. The van der Waals surface area contributed by atoms with Crippen LogP contribution in [0.1, 0.15) is 13.3 Å². The van der Waals surface area contributed by atoms with Gasteiger partial charge in [-0.15, -0.1) is 0 Å². The number of nitrogens with zero attached hydrogens (tertiary/aromatic N) is 2. The number of para-hydroxylation sites is 1. The van der Waals surface area contributed by atoms with E-state index in [9.17, 15) is 4.79 Å². The van der Waals surface area contributed by atoms with Gasteiger partial charge in [-0.1, -0.05) is 24.3 Å². The number of hydrogen-bond acceptors (Lipinski definition) is 5. The Kier molecular flexibility index (Phi) is 4.79. The van der Waals surface area contributed by atoms with Gasteiger partial charge in [0.05, 0.1) is 18.4 Å². The van der Waals surface area contributed by atoms with Gasteiger partial charge in [0.2, 0.25) is 5.91 Å². The SMILES string of the molecule is CCCNC(=O)CN(C)c1nc2c(OC)cccc2s1. The highest BCUT2D eigenvalue weighted by atomic mass is 32.1. The van der Waals surface area contributed by atoms with Crippen LogP contribution in [0.3, 0.4) is 0 Å². The molecule has 0 saturated carbocycles. The lowest BCUT2D eigenvalue weighted by atomic mass is 10.3. The maximum Gasteiger partial charge on any atom is 0.239 e. The van der Waals surface area contributed by atoms with Crippen molar-refractivity contribution in [2.24, 2.45) is 0 Å². The molecule has 0 radical (unpaired) electrons. The highest BCUT2D eigenvalue weighted by Gasteiger charge is 2.13. The van der Waals surface area contributed by atoms with Crippen LogP contribution in [0.5, 0.6) is 5.75 Å². The van der Waals surface area contributed by atoms with E-state index >= 15 is 0 Å². The summed E-state index contributed by atoms with van der Waals surface area (Å²) in [6, 6.07) is 5.83. The van der Waals surface area contributed by atoms with Gasteiger partial charge in [0.15, 0.2) is 5.13 Å². The molecule has 1 N–H and O–H groups in total. The van der Waals surface area contributed by atoms with Gasteiger partial charge in [-0.3, -0.25) is 4.79 Å². The summed E-state index contributed by atoms with van der Waals surface area (Å²) >= 11 is 1.56. The molecule has 108 valence electrons. The lowest BCUT2D eigenvalue weighted by molar-refractivity contribution is -0.119. The molecule has 1 heterocycles. The Hall–Kier alpha value is -1.82. The van der Waals surface area contributed by atoms with E-state index < -0.39 is 0 Å². The minimum Gasteiger partial charge on any atom is -0.494 e. The minimum atomic E-state index is 0.0144. The van der Waals surface area contributed by atoms with Gasteiger partial charge in [0, 0.05) is 13.6 Å². The lowest BCUT2D eigenvalue weighted by Crippen LogP contribution is -2.35. The minimum absolute atomic E-state index is 0.0144. The van der Waals surface area contributed by atoms with Gasteiger partial charge in [-0.2, -0.15) is 0 Å². The van der Waals surface area contributed by atoms with E-state index in [4.69, 9.17) is 4.74 Å². The normalized spacial score (nSPS) is 10.6. The highest BCUT2D eigenvalue weighted by molar-refractivity contribution is 7.22. The molecule has 0 aliphatic carbocycles. The Morgan fingerprint density at radius 2 is 2.30 bits per heavy atom. The van der Waals surface area contributed by atoms with Crippen molar-refractivity contribution in [3.8, 4) is 5.75 Å². The molecule has 6 heteroatoms. The molecule has 1 aromatic heterocycles. The van der Waals surface area contributed by atoms with Crippen LogP contribution in [-0.4, -0.2) is 38.1 Å². The molecule has 1 amide bonds. The fourth-order valence-electron chi connectivity index (χ4n) is 1.84. The lowest BCUT2D eigenvalue weighted by Gasteiger charge is -2.14. The standard InChI is InChI=1S/C14H19N3O2S/c1-4-8-15-12(18)9-17(2)14-16-13-10(19-3)6-5-7-11(13)20-14/h5-7H,4,8-9H2,1-3H3,(H,15,18). The van der Waals surface area contributed by atoms with Crippen LogP contribution in [0.4, 0.5) is 5.13 Å². The molecule has 20 heavy (non-hydrogen) atoms. The third kappa shape index (κ3) is 3.19. The molecule has 2 rings (SSSR count). The topological polar surface area (TPSA) is 54.5 Å². The maximum atomic E-state index is 11.7. The van der Waals surface area contributed by atoms with Crippen LogP contribution < -0.4 is 15.0 Å². The Bertz CT molecular complexity index is 597. The Morgan fingerprint density at radius 3 is 3.00 bits per heavy atom. The monoisotopic (exact) mass is 293 g/mol. The molecule has 1 aromatic carbocycles. The number of methoxy groups -OCH3 is 1. The first-order chi connectivity index (χ1) is 9.65. The zero-order valence-electron chi connectivity index (χ0n) is 12.0. The van der Waals surface area contributed by atoms with Crippen molar-refractivity contribution in [1.29, 1.82) is 0 Å². The second kappa shape index (κ2) is 6.56. The maximum absolute atomic E-state index is 11.7. The number of benzene rings is 1. The number of amides is 1. The number of carbonyl (C=O) groups excluding carboxylic acids is 1. The average molecular weight is 293 g/mol. The molecule has 2 aromatic rings. The number of ether oxygens (including phenoxy) is 1. The van der Waals surface area contributed by atoms with Crippen molar-refractivity contribution >= 4 is 32.6 Å². The predicted octanol–water partition coefficient (Wildman–Crippen LogP) is 2.27. The van der Waals surface area contributed by atoms with E-state index in [-0.39, 0.29) is 5.91 Å². The van der Waals surface area contributed by atoms with Crippen molar-refractivity contribution in [2.45, 2.75) is 13.3 Å². The molecule has 0 atom stereocenters. The fourth-order valence-corrected chi connectivity index (χ4v) is 2.79. The summed E-state index contributed by atoms with van der Waals surface area (Å²) in [7, 11) is 3.51. The summed E-state index contributed by atoms with van der Waals surface area (Å²) < 4.78 is 6.36. The van der Waals surface area contributed by atoms with E-state index in [2.05, 4.69) is 10.3 Å². The van der Waals surface area contributed by atoms with Gasteiger partial charge in [0.1, 0.15) is 11.3 Å². The van der Waals surface area contributed by atoms with E-state index in [1.165, 1.54) is 0 Å². The highest BCUT2D eigenvalue weighted by Crippen LogP contribution is 2.33. The van der Waals surface area contributed by atoms with Gasteiger partial charge in [-0.05, 0) is 18.6 Å². The van der Waals surface area contributed by atoms with Gasteiger partial charge >= 0.3 is 0 Å². The number of rotatable bonds is 6. The smallest absolute Gasteiger partial charge is 0.239 e. The third-order valence-electron chi connectivity index (χ3n) is 2.87.